The zero-order valence-corrected chi connectivity index (χ0v) is 10.2. The van der Waals surface area contributed by atoms with Crippen molar-refractivity contribution in [2.24, 2.45) is 0 Å². The minimum atomic E-state index is 0.644. The van der Waals surface area contributed by atoms with Crippen LogP contribution in [0.4, 0.5) is 5.69 Å². The van der Waals surface area contributed by atoms with E-state index >= 15 is 0 Å². The Balaban J connectivity index is 2.49. The first-order chi connectivity index (χ1) is 7.27. The Hall–Kier alpha value is -1.05. The number of ether oxygens (including phenoxy) is 1. The van der Waals surface area contributed by atoms with Gasteiger partial charge in [0.15, 0.2) is 0 Å². The van der Waals surface area contributed by atoms with Crippen molar-refractivity contribution in [2.75, 3.05) is 25.1 Å². The van der Waals surface area contributed by atoms with Crippen molar-refractivity contribution < 1.29 is 4.74 Å². The Morgan fingerprint density at radius 3 is 2.93 bits per heavy atom. The summed E-state index contributed by atoms with van der Waals surface area (Å²) in [4.78, 5) is 0. The fraction of sp³-hybridized carbons (Fsp3) is 0.364. The molecule has 0 aliphatic heterocycles. The molecule has 0 radical (unpaired) electrons. The second kappa shape index (κ2) is 6.44. The highest BCUT2D eigenvalue weighted by atomic mass is 79.9. The first kappa shape index (κ1) is 12.0. The maximum Gasteiger partial charge on any atom is 0.100 e. The van der Waals surface area contributed by atoms with Crippen LogP contribution >= 0.6 is 15.9 Å². The molecule has 1 aromatic rings. The number of anilines is 1. The molecule has 0 aliphatic rings. The molecule has 1 aromatic carbocycles. The number of nitriles is 1. The van der Waals surface area contributed by atoms with Gasteiger partial charge in [-0.15, -0.1) is 0 Å². The van der Waals surface area contributed by atoms with Crippen LogP contribution in [0.3, 0.4) is 0 Å². The highest BCUT2D eigenvalue weighted by Crippen LogP contribution is 2.20. The van der Waals surface area contributed by atoms with Crippen LogP contribution in [0.15, 0.2) is 22.7 Å². The molecule has 0 bridgehead atoms. The number of halogens is 1. The van der Waals surface area contributed by atoms with Crippen LogP contribution in [0.5, 0.6) is 0 Å². The van der Waals surface area contributed by atoms with Crippen molar-refractivity contribution in [1.29, 1.82) is 5.26 Å². The lowest BCUT2D eigenvalue weighted by Gasteiger charge is -2.07. The van der Waals surface area contributed by atoms with E-state index in [2.05, 4.69) is 27.3 Å². The van der Waals surface area contributed by atoms with E-state index in [-0.39, 0.29) is 0 Å². The van der Waals surface area contributed by atoms with Gasteiger partial charge in [-0.1, -0.05) is 0 Å². The van der Waals surface area contributed by atoms with Gasteiger partial charge in [-0.3, -0.25) is 0 Å². The lowest BCUT2D eigenvalue weighted by atomic mass is 10.2. The summed E-state index contributed by atoms with van der Waals surface area (Å²) >= 11 is 3.34. The predicted molar refractivity (Wildman–Crippen MR) is 63.8 cm³/mol. The SMILES string of the molecule is CCOCCNc1ccc(C#N)c(Br)c1. The van der Waals surface area contributed by atoms with Crippen molar-refractivity contribution in [2.45, 2.75) is 6.92 Å². The summed E-state index contributed by atoms with van der Waals surface area (Å²) in [6.07, 6.45) is 0. The van der Waals surface area contributed by atoms with Gasteiger partial charge in [-0.25, -0.2) is 0 Å². The van der Waals surface area contributed by atoms with E-state index in [9.17, 15) is 0 Å². The second-order valence-electron chi connectivity index (χ2n) is 2.93. The Labute approximate surface area is 98.2 Å². The summed E-state index contributed by atoms with van der Waals surface area (Å²) in [5, 5.41) is 11.9. The molecule has 0 aromatic heterocycles. The standard InChI is InChI=1S/C11H13BrN2O/c1-2-15-6-5-14-10-4-3-9(8-13)11(12)7-10/h3-4,7,14H,2,5-6H2,1H3. The molecule has 0 saturated carbocycles. The first-order valence-corrected chi connectivity index (χ1v) is 5.58. The van der Waals surface area contributed by atoms with Crippen LogP contribution in [0, 0.1) is 11.3 Å². The van der Waals surface area contributed by atoms with Crippen LogP contribution in [0.25, 0.3) is 0 Å². The Morgan fingerprint density at radius 2 is 2.33 bits per heavy atom. The third-order valence-electron chi connectivity index (χ3n) is 1.87. The van der Waals surface area contributed by atoms with E-state index in [1.165, 1.54) is 0 Å². The normalized spacial score (nSPS) is 9.67. The molecule has 80 valence electrons. The van der Waals surface area contributed by atoms with Gasteiger partial charge in [0, 0.05) is 23.3 Å². The average molecular weight is 269 g/mol. The van der Waals surface area contributed by atoms with Crippen LogP contribution in [0.1, 0.15) is 12.5 Å². The highest BCUT2D eigenvalue weighted by Gasteiger charge is 1.99. The van der Waals surface area contributed by atoms with Crippen molar-refractivity contribution in [3.05, 3.63) is 28.2 Å². The minimum absolute atomic E-state index is 0.644. The van der Waals surface area contributed by atoms with Crippen LogP contribution in [0.2, 0.25) is 0 Å². The molecule has 4 heteroatoms. The third-order valence-corrected chi connectivity index (χ3v) is 2.53. The van der Waals surface area contributed by atoms with Gasteiger partial charge in [-0.2, -0.15) is 5.26 Å². The van der Waals surface area contributed by atoms with Gasteiger partial charge in [-0.05, 0) is 41.1 Å². The van der Waals surface area contributed by atoms with Crippen molar-refractivity contribution >= 4 is 21.6 Å². The molecule has 0 spiro atoms. The Morgan fingerprint density at radius 1 is 1.53 bits per heavy atom. The second-order valence-corrected chi connectivity index (χ2v) is 3.78. The van der Waals surface area contributed by atoms with Crippen molar-refractivity contribution in [3.8, 4) is 6.07 Å². The predicted octanol–water partition coefficient (Wildman–Crippen LogP) is 2.77. The van der Waals surface area contributed by atoms with Gasteiger partial charge in [0.2, 0.25) is 0 Å². The Kier molecular flexibility index (Phi) is 5.16. The lowest BCUT2D eigenvalue weighted by Crippen LogP contribution is -2.09. The van der Waals surface area contributed by atoms with Gasteiger partial charge in [0.05, 0.1) is 12.2 Å². The molecule has 0 fully saturated rings. The zero-order valence-electron chi connectivity index (χ0n) is 8.59. The fourth-order valence-corrected chi connectivity index (χ4v) is 1.60. The highest BCUT2D eigenvalue weighted by molar-refractivity contribution is 9.10. The maximum atomic E-state index is 8.73. The number of nitrogens with one attached hydrogen (secondary N) is 1. The number of rotatable bonds is 5. The summed E-state index contributed by atoms with van der Waals surface area (Å²) < 4.78 is 6.02. The molecule has 1 rings (SSSR count). The molecular formula is C11H13BrN2O. The number of hydrogen-bond donors (Lipinski definition) is 1. The molecule has 3 nitrogen and oxygen atoms in total. The van der Waals surface area contributed by atoms with E-state index in [1.807, 2.05) is 19.1 Å². The molecule has 0 unspecified atom stereocenters. The fourth-order valence-electron chi connectivity index (χ4n) is 1.13. The van der Waals surface area contributed by atoms with Gasteiger partial charge in [0.1, 0.15) is 6.07 Å². The van der Waals surface area contributed by atoms with Crippen molar-refractivity contribution in [1.82, 2.24) is 0 Å². The largest absolute Gasteiger partial charge is 0.383 e. The molecule has 0 amide bonds. The summed E-state index contributed by atoms with van der Waals surface area (Å²) in [6, 6.07) is 7.66. The van der Waals surface area contributed by atoms with Crippen LogP contribution in [-0.2, 0) is 4.74 Å². The number of benzene rings is 1. The average Bonchev–Trinajstić information content (AvgIpc) is 2.25. The maximum absolute atomic E-state index is 8.73. The molecule has 0 aliphatic carbocycles. The lowest BCUT2D eigenvalue weighted by molar-refractivity contribution is 0.158. The van der Waals surface area contributed by atoms with E-state index < -0.39 is 0 Å². The monoisotopic (exact) mass is 268 g/mol. The Bertz CT molecular complexity index is 360. The molecule has 0 saturated heterocycles. The van der Waals surface area contributed by atoms with Gasteiger partial charge >= 0.3 is 0 Å². The molecule has 0 atom stereocenters. The number of nitrogens with zero attached hydrogens (tertiary/aromatic N) is 1. The summed E-state index contributed by atoms with van der Waals surface area (Å²) in [6.45, 7) is 4.16. The van der Waals surface area contributed by atoms with E-state index in [1.54, 1.807) is 6.07 Å². The first-order valence-electron chi connectivity index (χ1n) is 4.79. The minimum Gasteiger partial charge on any atom is -0.383 e. The molecule has 15 heavy (non-hydrogen) atoms. The molecular weight excluding hydrogens is 256 g/mol. The summed E-state index contributed by atoms with van der Waals surface area (Å²) in [5.41, 5.74) is 1.63. The summed E-state index contributed by atoms with van der Waals surface area (Å²) in [5.74, 6) is 0. The number of hydrogen-bond acceptors (Lipinski definition) is 3. The summed E-state index contributed by atoms with van der Waals surface area (Å²) in [7, 11) is 0. The van der Waals surface area contributed by atoms with Crippen molar-refractivity contribution in [3.63, 3.8) is 0 Å². The quantitative estimate of drug-likeness (QED) is 0.836. The topological polar surface area (TPSA) is 45.0 Å². The molecule has 0 heterocycles. The molecule has 1 N–H and O–H groups in total. The van der Waals surface area contributed by atoms with Crippen LogP contribution in [-0.4, -0.2) is 19.8 Å². The third kappa shape index (κ3) is 3.90. The van der Waals surface area contributed by atoms with E-state index in [4.69, 9.17) is 10.00 Å². The zero-order chi connectivity index (χ0) is 11.1. The van der Waals surface area contributed by atoms with E-state index in [0.29, 0.717) is 12.2 Å². The smallest absolute Gasteiger partial charge is 0.100 e. The van der Waals surface area contributed by atoms with Gasteiger partial charge < -0.3 is 10.1 Å². The van der Waals surface area contributed by atoms with Gasteiger partial charge in [0.25, 0.3) is 0 Å². The van der Waals surface area contributed by atoms with E-state index in [0.717, 1.165) is 23.3 Å². The van der Waals surface area contributed by atoms with Crippen LogP contribution < -0.4 is 5.32 Å².